The Morgan fingerprint density at radius 2 is 1.69 bits per heavy atom. The third kappa shape index (κ3) is 6.32. The largest absolute Gasteiger partial charge is 0.446 e. The minimum absolute atomic E-state index is 0.0559. The van der Waals surface area contributed by atoms with Gasteiger partial charge in [0.05, 0.1) is 4.92 Å². The Morgan fingerprint density at radius 1 is 1.07 bits per heavy atom. The van der Waals surface area contributed by atoms with Crippen molar-refractivity contribution in [2.75, 3.05) is 7.05 Å². The SMILES string of the molecule is CNC(=O)NC(=O)[C@@H](OC(=O)[C@H](C)Sc1ccc([N+](=O)[O-])cc1)c1ccccc1. The number of carbonyl (C=O) groups is 3. The van der Waals surface area contributed by atoms with Gasteiger partial charge in [-0.2, -0.15) is 0 Å². The summed E-state index contributed by atoms with van der Waals surface area (Å²) in [6.45, 7) is 1.59. The summed E-state index contributed by atoms with van der Waals surface area (Å²) in [5.41, 5.74) is 0.356. The van der Waals surface area contributed by atoms with Gasteiger partial charge in [0.2, 0.25) is 6.10 Å². The number of imide groups is 1. The Kier molecular flexibility index (Phi) is 7.72. The molecule has 0 bridgehead atoms. The van der Waals surface area contributed by atoms with Crippen LogP contribution in [0.2, 0.25) is 0 Å². The lowest BCUT2D eigenvalue weighted by Gasteiger charge is -2.19. The molecule has 152 valence electrons. The molecular weight excluding hydrogens is 398 g/mol. The van der Waals surface area contributed by atoms with Gasteiger partial charge in [-0.05, 0) is 19.1 Å². The van der Waals surface area contributed by atoms with Gasteiger partial charge in [-0.1, -0.05) is 30.3 Å². The molecule has 0 radical (unpaired) electrons. The maximum absolute atomic E-state index is 12.5. The van der Waals surface area contributed by atoms with E-state index in [0.717, 1.165) is 11.8 Å². The number of non-ortho nitro benzene ring substituents is 1. The van der Waals surface area contributed by atoms with Crippen molar-refractivity contribution < 1.29 is 24.0 Å². The highest BCUT2D eigenvalue weighted by Gasteiger charge is 2.28. The van der Waals surface area contributed by atoms with E-state index in [-0.39, 0.29) is 5.69 Å². The molecule has 0 saturated heterocycles. The Bertz CT molecular complexity index is 889. The van der Waals surface area contributed by atoms with Crippen LogP contribution in [0.5, 0.6) is 0 Å². The van der Waals surface area contributed by atoms with Gasteiger partial charge in [0, 0.05) is 29.6 Å². The number of rotatable bonds is 7. The molecule has 0 fully saturated rings. The average Bonchev–Trinajstić information content (AvgIpc) is 2.72. The number of thioether (sulfide) groups is 1. The fourth-order valence-corrected chi connectivity index (χ4v) is 3.10. The third-order valence-corrected chi connectivity index (χ3v) is 4.82. The van der Waals surface area contributed by atoms with E-state index in [0.29, 0.717) is 10.5 Å². The van der Waals surface area contributed by atoms with Crippen LogP contribution < -0.4 is 10.6 Å². The number of urea groups is 1. The van der Waals surface area contributed by atoms with Gasteiger partial charge in [-0.25, -0.2) is 4.79 Å². The molecule has 0 heterocycles. The molecule has 0 aliphatic rings. The Hall–Kier alpha value is -3.40. The zero-order valence-corrected chi connectivity index (χ0v) is 16.5. The zero-order valence-electron chi connectivity index (χ0n) is 15.7. The van der Waals surface area contributed by atoms with Gasteiger partial charge in [0.25, 0.3) is 11.6 Å². The van der Waals surface area contributed by atoms with E-state index in [4.69, 9.17) is 4.74 Å². The molecule has 0 aliphatic heterocycles. The fraction of sp³-hybridized carbons (Fsp3) is 0.211. The Labute approximate surface area is 171 Å². The number of nitrogens with zero attached hydrogens (tertiary/aromatic N) is 1. The lowest BCUT2D eigenvalue weighted by atomic mass is 10.1. The van der Waals surface area contributed by atoms with Crippen LogP contribution in [0.15, 0.2) is 59.5 Å². The van der Waals surface area contributed by atoms with Crippen molar-refractivity contribution in [3.63, 3.8) is 0 Å². The molecule has 9 nitrogen and oxygen atoms in total. The average molecular weight is 417 g/mol. The van der Waals surface area contributed by atoms with Crippen LogP contribution in [-0.4, -0.2) is 35.1 Å². The molecule has 0 spiro atoms. The first-order valence-electron chi connectivity index (χ1n) is 8.51. The molecule has 2 rings (SSSR count). The first-order chi connectivity index (χ1) is 13.8. The molecule has 2 aromatic carbocycles. The quantitative estimate of drug-likeness (QED) is 0.307. The van der Waals surface area contributed by atoms with E-state index in [1.165, 1.54) is 31.3 Å². The Balaban J connectivity index is 2.10. The first-order valence-corrected chi connectivity index (χ1v) is 9.39. The number of nitro groups is 1. The lowest BCUT2D eigenvalue weighted by molar-refractivity contribution is -0.384. The number of ether oxygens (including phenoxy) is 1. The summed E-state index contributed by atoms with van der Waals surface area (Å²) in [5.74, 6) is -1.45. The number of nitro benzene ring substituents is 1. The van der Waals surface area contributed by atoms with Crippen molar-refractivity contribution in [1.82, 2.24) is 10.6 Å². The summed E-state index contributed by atoms with van der Waals surface area (Å²) in [7, 11) is 1.36. The number of hydrogen-bond donors (Lipinski definition) is 2. The summed E-state index contributed by atoms with van der Waals surface area (Å²) in [6, 6.07) is 13.3. The topological polar surface area (TPSA) is 128 Å². The predicted molar refractivity (Wildman–Crippen MR) is 106 cm³/mol. The Morgan fingerprint density at radius 3 is 2.24 bits per heavy atom. The second-order valence-corrected chi connectivity index (χ2v) is 7.22. The molecule has 2 atom stereocenters. The van der Waals surface area contributed by atoms with Gasteiger partial charge in [0.15, 0.2) is 0 Å². The van der Waals surface area contributed by atoms with Gasteiger partial charge < -0.3 is 10.1 Å². The highest BCUT2D eigenvalue weighted by atomic mass is 32.2. The zero-order chi connectivity index (χ0) is 21.4. The van der Waals surface area contributed by atoms with Crippen molar-refractivity contribution in [2.24, 2.45) is 0 Å². The van der Waals surface area contributed by atoms with E-state index in [2.05, 4.69) is 10.6 Å². The summed E-state index contributed by atoms with van der Waals surface area (Å²) < 4.78 is 5.38. The number of amides is 3. The maximum atomic E-state index is 12.5. The number of hydrogen-bond acceptors (Lipinski definition) is 7. The maximum Gasteiger partial charge on any atom is 0.321 e. The highest BCUT2D eigenvalue weighted by Crippen LogP contribution is 2.28. The van der Waals surface area contributed by atoms with Gasteiger partial charge >= 0.3 is 12.0 Å². The number of carbonyl (C=O) groups excluding carboxylic acids is 3. The number of esters is 1. The summed E-state index contributed by atoms with van der Waals surface area (Å²) in [5, 5.41) is 14.4. The van der Waals surface area contributed by atoms with Crippen molar-refractivity contribution in [2.45, 2.75) is 23.2 Å². The van der Waals surface area contributed by atoms with E-state index in [9.17, 15) is 24.5 Å². The molecule has 0 aromatic heterocycles. The van der Waals surface area contributed by atoms with Gasteiger partial charge in [-0.15, -0.1) is 11.8 Å². The van der Waals surface area contributed by atoms with Gasteiger partial charge in [-0.3, -0.25) is 25.0 Å². The molecule has 0 unspecified atom stereocenters. The standard InChI is InChI=1S/C19H19N3O6S/c1-12(29-15-10-8-14(9-11-15)22(26)27)18(24)28-16(13-6-4-3-5-7-13)17(23)21-19(25)20-2/h3-12,16H,1-2H3,(H2,20,21,23,25)/t12-,16-/m0/s1. The van der Waals surface area contributed by atoms with Crippen LogP contribution in [0.4, 0.5) is 10.5 Å². The van der Waals surface area contributed by atoms with E-state index >= 15 is 0 Å². The summed E-state index contributed by atoms with van der Waals surface area (Å²) in [4.78, 5) is 47.2. The van der Waals surface area contributed by atoms with E-state index in [1.807, 2.05) is 0 Å². The van der Waals surface area contributed by atoms with Crippen molar-refractivity contribution in [1.29, 1.82) is 0 Å². The van der Waals surface area contributed by atoms with Crippen LogP contribution in [0.3, 0.4) is 0 Å². The summed E-state index contributed by atoms with van der Waals surface area (Å²) >= 11 is 1.13. The van der Waals surface area contributed by atoms with Crippen LogP contribution in [-0.2, 0) is 14.3 Å². The smallest absolute Gasteiger partial charge is 0.321 e. The minimum atomic E-state index is -1.30. The first kappa shape index (κ1) is 21.9. The van der Waals surface area contributed by atoms with Crippen LogP contribution >= 0.6 is 11.8 Å². The van der Waals surface area contributed by atoms with E-state index < -0.39 is 34.2 Å². The molecule has 0 saturated carbocycles. The minimum Gasteiger partial charge on any atom is -0.446 e. The van der Waals surface area contributed by atoms with Crippen LogP contribution in [0, 0.1) is 10.1 Å². The van der Waals surface area contributed by atoms with Crippen molar-refractivity contribution in [3.8, 4) is 0 Å². The second kappa shape index (κ2) is 10.2. The summed E-state index contributed by atoms with van der Waals surface area (Å²) in [6.07, 6.45) is -1.30. The molecule has 29 heavy (non-hydrogen) atoms. The number of benzene rings is 2. The second-order valence-electron chi connectivity index (χ2n) is 5.81. The molecular formula is C19H19N3O6S. The fourth-order valence-electron chi connectivity index (χ4n) is 2.25. The van der Waals surface area contributed by atoms with Crippen LogP contribution in [0.1, 0.15) is 18.6 Å². The van der Waals surface area contributed by atoms with Crippen LogP contribution in [0.25, 0.3) is 0 Å². The predicted octanol–water partition coefficient (Wildman–Crippen LogP) is 2.82. The number of nitrogens with one attached hydrogen (secondary N) is 2. The van der Waals surface area contributed by atoms with Crippen molar-refractivity contribution in [3.05, 3.63) is 70.3 Å². The lowest BCUT2D eigenvalue weighted by Crippen LogP contribution is -2.41. The monoisotopic (exact) mass is 417 g/mol. The highest BCUT2D eigenvalue weighted by molar-refractivity contribution is 8.00. The molecule has 2 N–H and O–H groups in total. The van der Waals surface area contributed by atoms with Gasteiger partial charge in [0.1, 0.15) is 5.25 Å². The molecule has 3 amide bonds. The molecule has 10 heteroatoms. The normalized spacial score (nSPS) is 12.3. The molecule has 2 aromatic rings. The third-order valence-electron chi connectivity index (χ3n) is 3.73. The van der Waals surface area contributed by atoms with E-state index in [1.54, 1.807) is 37.3 Å². The van der Waals surface area contributed by atoms with Crippen molar-refractivity contribution >= 4 is 35.4 Å². The molecule has 0 aliphatic carbocycles.